The van der Waals surface area contributed by atoms with Crippen molar-refractivity contribution < 1.29 is 19.0 Å². The largest absolute Gasteiger partial charge is 0.492 e. The van der Waals surface area contributed by atoms with Crippen LogP contribution in [-0.2, 0) is 15.9 Å². The van der Waals surface area contributed by atoms with E-state index in [-0.39, 0.29) is 0 Å². The number of carbonyl (C=O) groups is 1. The molecule has 0 heterocycles. The van der Waals surface area contributed by atoms with Gasteiger partial charge in [0.05, 0.1) is 19.3 Å². The molecule has 1 N–H and O–H groups in total. The van der Waals surface area contributed by atoms with Gasteiger partial charge in [0, 0.05) is 6.61 Å². The van der Waals surface area contributed by atoms with Gasteiger partial charge in [0.25, 0.3) is 0 Å². The number of carbonyl (C=O) groups excluding carboxylic acids is 1. The molecule has 0 bridgehead atoms. The average Bonchev–Trinajstić information content (AvgIpc) is 2.68. The van der Waals surface area contributed by atoms with E-state index in [1.807, 2.05) is 12.1 Å². The van der Waals surface area contributed by atoms with Crippen molar-refractivity contribution in [2.75, 3.05) is 26.4 Å². The standard InChI is InChI=1S/C22H35NO4/c1-3-5-15-27-21-9-7-6-8-19(21)17-18-10-12-20(13-11-18)26-16-14-23-22(24)25-4-2/h10-13,19,21H,3-9,14-17H2,1-2H3,(H,23,24). The highest BCUT2D eigenvalue weighted by molar-refractivity contribution is 5.66. The van der Waals surface area contributed by atoms with Crippen LogP contribution in [0.3, 0.4) is 0 Å². The van der Waals surface area contributed by atoms with Crippen LogP contribution in [0, 0.1) is 5.92 Å². The SMILES string of the molecule is CCCCOC1CCCCC1Cc1ccc(OCCNC(=O)OCC)cc1. The molecule has 1 saturated carbocycles. The van der Waals surface area contributed by atoms with Crippen LogP contribution < -0.4 is 10.1 Å². The number of hydrogen-bond donors (Lipinski definition) is 1. The van der Waals surface area contributed by atoms with Gasteiger partial charge in [-0.2, -0.15) is 0 Å². The van der Waals surface area contributed by atoms with E-state index in [2.05, 4.69) is 24.4 Å². The van der Waals surface area contributed by atoms with Gasteiger partial charge in [-0.15, -0.1) is 0 Å². The normalized spacial score (nSPS) is 19.5. The topological polar surface area (TPSA) is 56.8 Å². The van der Waals surface area contributed by atoms with E-state index < -0.39 is 6.09 Å². The van der Waals surface area contributed by atoms with Crippen molar-refractivity contribution in [3.63, 3.8) is 0 Å². The molecule has 2 unspecified atom stereocenters. The summed E-state index contributed by atoms with van der Waals surface area (Å²) in [6.07, 6.45) is 8.48. The molecule has 2 rings (SSSR count). The Morgan fingerprint density at radius 3 is 2.63 bits per heavy atom. The Morgan fingerprint density at radius 1 is 1.11 bits per heavy atom. The van der Waals surface area contributed by atoms with E-state index in [1.165, 1.54) is 37.7 Å². The molecule has 152 valence electrons. The first-order valence-corrected chi connectivity index (χ1v) is 10.5. The van der Waals surface area contributed by atoms with Crippen molar-refractivity contribution in [1.29, 1.82) is 0 Å². The van der Waals surface area contributed by atoms with Crippen LogP contribution in [0.1, 0.15) is 57.9 Å². The number of rotatable bonds is 11. The summed E-state index contributed by atoms with van der Waals surface area (Å²) in [5.41, 5.74) is 1.34. The number of unbranched alkanes of at least 4 members (excludes halogenated alkanes) is 1. The van der Waals surface area contributed by atoms with Crippen molar-refractivity contribution in [1.82, 2.24) is 5.32 Å². The molecule has 5 nitrogen and oxygen atoms in total. The molecule has 5 heteroatoms. The second-order valence-electron chi connectivity index (χ2n) is 7.15. The zero-order valence-corrected chi connectivity index (χ0v) is 16.9. The fourth-order valence-corrected chi connectivity index (χ4v) is 3.53. The van der Waals surface area contributed by atoms with Crippen molar-refractivity contribution in [2.24, 2.45) is 5.92 Å². The number of amides is 1. The Balaban J connectivity index is 1.74. The molecule has 2 atom stereocenters. The number of ether oxygens (including phenoxy) is 3. The molecule has 1 aromatic rings. The summed E-state index contributed by atoms with van der Waals surface area (Å²) in [4.78, 5) is 11.2. The van der Waals surface area contributed by atoms with Crippen molar-refractivity contribution in [3.8, 4) is 5.75 Å². The van der Waals surface area contributed by atoms with E-state index in [4.69, 9.17) is 14.2 Å². The van der Waals surface area contributed by atoms with Crippen LogP contribution in [-0.4, -0.2) is 38.6 Å². The van der Waals surface area contributed by atoms with Gasteiger partial charge in [-0.25, -0.2) is 4.79 Å². The van der Waals surface area contributed by atoms with Gasteiger partial charge in [-0.3, -0.25) is 0 Å². The molecule has 1 aliphatic carbocycles. The lowest BCUT2D eigenvalue weighted by molar-refractivity contribution is -0.0118. The Kier molecular flexibility index (Phi) is 10.1. The minimum absolute atomic E-state index is 0.375. The van der Waals surface area contributed by atoms with Crippen LogP contribution in [0.25, 0.3) is 0 Å². The van der Waals surface area contributed by atoms with Gasteiger partial charge in [-0.05, 0) is 56.2 Å². The number of nitrogens with one attached hydrogen (secondary N) is 1. The Morgan fingerprint density at radius 2 is 1.89 bits per heavy atom. The van der Waals surface area contributed by atoms with E-state index >= 15 is 0 Å². The van der Waals surface area contributed by atoms with E-state index in [1.54, 1.807) is 6.92 Å². The molecule has 0 aliphatic heterocycles. The first kappa shape index (κ1) is 21.5. The Labute approximate surface area is 163 Å². The second kappa shape index (κ2) is 12.6. The molecular formula is C22H35NO4. The summed E-state index contributed by atoms with van der Waals surface area (Å²) in [6, 6.07) is 8.31. The summed E-state index contributed by atoms with van der Waals surface area (Å²) in [5.74, 6) is 1.44. The molecule has 0 saturated heterocycles. The Bertz CT molecular complexity index is 532. The number of benzene rings is 1. The van der Waals surface area contributed by atoms with Gasteiger partial charge < -0.3 is 19.5 Å². The van der Waals surface area contributed by atoms with Crippen LogP contribution >= 0.6 is 0 Å². The fourth-order valence-electron chi connectivity index (χ4n) is 3.53. The molecule has 0 aromatic heterocycles. The van der Waals surface area contributed by atoms with Crippen LogP contribution in [0.2, 0.25) is 0 Å². The van der Waals surface area contributed by atoms with Gasteiger partial charge in [0.2, 0.25) is 0 Å². The molecule has 0 spiro atoms. The predicted molar refractivity (Wildman–Crippen MR) is 107 cm³/mol. The third-order valence-corrected chi connectivity index (χ3v) is 5.01. The minimum atomic E-state index is -0.403. The van der Waals surface area contributed by atoms with E-state index in [0.29, 0.717) is 31.8 Å². The molecule has 0 radical (unpaired) electrons. The maximum atomic E-state index is 11.2. The van der Waals surface area contributed by atoms with Gasteiger partial charge in [-0.1, -0.05) is 38.3 Å². The van der Waals surface area contributed by atoms with Crippen molar-refractivity contribution in [2.45, 2.75) is 64.9 Å². The smallest absolute Gasteiger partial charge is 0.407 e. The second-order valence-corrected chi connectivity index (χ2v) is 7.15. The molecule has 1 amide bonds. The minimum Gasteiger partial charge on any atom is -0.492 e. The zero-order chi connectivity index (χ0) is 19.3. The van der Waals surface area contributed by atoms with Crippen molar-refractivity contribution in [3.05, 3.63) is 29.8 Å². The third kappa shape index (κ3) is 8.21. The van der Waals surface area contributed by atoms with Crippen LogP contribution in [0.4, 0.5) is 4.79 Å². The molecule has 1 aliphatic rings. The van der Waals surface area contributed by atoms with Gasteiger partial charge in [0.1, 0.15) is 12.4 Å². The highest BCUT2D eigenvalue weighted by Crippen LogP contribution is 2.30. The van der Waals surface area contributed by atoms with Gasteiger partial charge in [0.15, 0.2) is 0 Å². The number of hydrogen-bond acceptors (Lipinski definition) is 4. The predicted octanol–water partition coefficient (Wildman–Crippen LogP) is 4.73. The molecule has 1 aromatic carbocycles. The summed E-state index contributed by atoms with van der Waals surface area (Å²) in [6.45, 7) is 6.11. The maximum Gasteiger partial charge on any atom is 0.407 e. The molecular weight excluding hydrogens is 342 g/mol. The molecule has 1 fully saturated rings. The first-order valence-electron chi connectivity index (χ1n) is 10.5. The lowest BCUT2D eigenvalue weighted by atomic mass is 9.82. The molecule has 27 heavy (non-hydrogen) atoms. The lowest BCUT2D eigenvalue weighted by Crippen LogP contribution is -2.29. The summed E-state index contributed by atoms with van der Waals surface area (Å²) >= 11 is 0. The van der Waals surface area contributed by atoms with E-state index in [9.17, 15) is 4.79 Å². The summed E-state index contributed by atoms with van der Waals surface area (Å²) in [7, 11) is 0. The zero-order valence-electron chi connectivity index (χ0n) is 16.9. The highest BCUT2D eigenvalue weighted by atomic mass is 16.5. The number of alkyl carbamates (subject to hydrolysis) is 1. The fraction of sp³-hybridized carbons (Fsp3) is 0.682. The quantitative estimate of drug-likeness (QED) is 0.567. The summed E-state index contributed by atoms with van der Waals surface area (Å²) < 4.78 is 16.6. The average molecular weight is 378 g/mol. The lowest BCUT2D eigenvalue weighted by Gasteiger charge is -2.31. The first-order chi connectivity index (χ1) is 13.2. The van der Waals surface area contributed by atoms with Crippen molar-refractivity contribution >= 4 is 6.09 Å². The highest BCUT2D eigenvalue weighted by Gasteiger charge is 2.25. The monoisotopic (exact) mass is 377 g/mol. The van der Waals surface area contributed by atoms with Crippen LogP contribution in [0.15, 0.2) is 24.3 Å². The van der Waals surface area contributed by atoms with Crippen LogP contribution in [0.5, 0.6) is 5.75 Å². The van der Waals surface area contributed by atoms with E-state index in [0.717, 1.165) is 25.2 Å². The maximum absolute atomic E-state index is 11.2. The third-order valence-electron chi connectivity index (χ3n) is 5.01. The van der Waals surface area contributed by atoms with Gasteiger partial charge >= 0.3 is 6.09 Å². The Hall–Kier alpha value is -1.75. The summed E-state index contributed by atoms with van der Waals surface area (Å²) in [5, 5.41) is 2.65.